The molecule has 0 radical (unpaired) electrons. The molecule has 1 N–H and O–H groups in total. The normalized spacial score (nSPS) is 11.2. The largest absolute Gasteiger partial charge is 0.350 e. The minimum atomic E-state index is -0.480. The van der Waals surface area contributed by atoms with Gasteiger partial charge in [0.25, 0.3) is 5.56 Å². The Bertz CT molecular complexity index is 1030. The summed E-state index contributed by atoms with van der Waals surface area (Å²) >= 11 is 1.10. The van der Waals surface area contributed by atoms with Crippen LogP contribution in [0.25, 0.3) is 11.0 Å². The molecule has 0 bridgehead atoms. The van der Waals surface area contributed by atoms with E-state index in [1.54, 1.807) is 5.38 Å². The molecule has 0 saturated heterocycles. The van der Waals surface area contributed by atoms with Gasteiger partial charge in [-0.15, -0.1) is 0 Å². The van der Waals surface area contributed by atoms with Gasteiger partial charge in [-0.25, -0.2) is 4.79 Å². The number of nitrogens with zero attached hydrogens (tertiary/aromatic N) is 3. The van der Waals surface area contributed by atoms with E-state index < -0.39 is 11.2 Å². The Morgan fingerprint density at radius 1 is 1.19 bits per heavy atom. The van der Waals surface area contributed by atoms with Crippen molar-refractivity contribution in [1.29, 1.82) is 0 Å². The van der Waals surface area contributed by atoms with Crippen molar-refractivity contribution >= 4 is 28.5 Å². The van der Waals surface area contributed by atoms with Gasteiger partial charge in [-0.05, 0) is 23.0 Å². The summed E-state index contributed by atoms with van der Waals surface area (Å²) in [5.41, 5.74) is 0.721. The smallest absolute Gasteiger partial charge is 0.332 e. The van der Waals surface area contributed by atoms with Crippen LogP contribution in [0.4, 0.5) is 0 Å². The fourth-order valence-electron chi connectivity index (χ4n) is 2.71. The lowest BCUT2D eigenvalue weighted by Gasteiger charge is -2.13. The summed E-state index contributed by atoms with van der Waals surface area (Å²) in [6.45, 7) is 4.36. The molecule has 0 unspecified atom stereocenters. The highest BCUT2D eigenvalue weighted by Gasteiger charge is 2.17. The van der Waals surface area contributed by atoms with E-state index in [0.717, 1.165) is 21.7 Å². The second-order valence-electron chi connectivity index (χ2n) is 6.49. The van der Waals surface area contributed by atoms with E-state index >= 15 is 0 Å². The first-order valence-corrected chi connectivity index (χ1v) is 9.19. The molecule has 1 aromatic carbocycles. The number of carbonyl (C=O) groups excluding carboxylic acids is 1. The highest BCUT2D eigenvalue weighted by atomic mass is 32.1. The second kappa shape index (κ2) is 7.65. The summed E-state index contributed by atoms with van der Waals surface area (Å²) in [5, 5.41) is 4.43. The molecule has 0 aliphatic rings. The molecule has 0 aliphatic carbocycles. The Balaban J connectivity index is 1.89. The zero-order valence-electron chi connectivity index (χ0n) is 14.6. The van der Waals surface area contributed by atoms with Crippen LogP contribution >= 0.6 is 11.5 Å². The summed E-state index contributed by atoms with van der Waals surface area (Å²) in [5.74, 6) is -0.171. The zero-order chi connectivity index (χ0) is 18.7. The summed E-state index contributed by atoms with van der Waals surface area (Å²) in [6.07, 6.45) is 0. The van der Waals surface area contributed by atoms with Crippen molar-refractivity contribution in [3.8, 4) is 0 Å². The lowest BCUT2D eigenvalue weighted by Crippen LogP contribution is -2.43. The third-order valence-electron chi connectivity index (χ3n) is 3.93. The molecule has 0 atom stereocenters. The summed E-state index contributed by atoms with van der Waals surface area (Å²) < 4.78 is 6.59. The maximum atomic E-state index is 12.8. The number of carbonyl (C=O) groups is 1. The predicted octanol–water partition coefficient (Wildman–Crippen LogP) is 1.59. The fourth-order valence-corrected chi connectivity index (χ4v) is 3.38. The third kappa shape index (κ3) is 3.75. The average Bonchev–Trinajstić information content (AvgIpc) is 3.11. The van der Waals surface area contributed by atoms with E-state index in [-0.39, 0.29) is 30.4 Å². The molecule has 3 aromatic rings. The summed E-state index contributed by atoms with van der Waals surface area (Å²) in [7, 11) is 0. The van der Waals surface area contributed by atoms with Crippen molar-refractivity contribution in [2.24, 2.45) is 5.92 Å². The molecular formula is C18H20N4O3S. The SMILES string of the molecule is CC(C)Cn1c(=O)c2nscc2n(CC(=O)NCc2ccccc2)c1=O. The van der Waals surface area contributed by atoms with Crippen LogP contribution in [0, 0.1) is 5.92 Å². The van der Waals surface area contributed by atoms with Crippen LogP contribution in [-0.4, -0.2) is 19.4 Å². The van der Waals surface area contributed by atoms with Gasteiger partial charge < -0.3 is 5.32 Å². The quantitative estimate of drug-likeness (QED) is 0.712. The number of benzene rings is 1. The first-order chi connectivity index (χ1) is 12.5. The topological polar surface area (TPSA) is 86.0 Å². The van der Waals surface area contributed by atoms with Gasteiger partial charge >= 0.3 is 5.69 Å². The fraction of sp³-hybridized carbons (Fsp3) is 0.333. The number of fused-ring (bicyclic) bond motifs is 1. The van der Waals surface area contributed by atoms with Gasteiger partial charge in [-0.1, -0.05) is 44.2 Å². The number of amides is 1. The first-order valence-electron chi connectivity index (χ1n) is 8.35. The minimum Gasteiger partial charge on any atom is -0.350 e. The summed E-state index contributed by atoms with van der Waals surface area (Å²) in [4.78, 5) is 37.6. The molecule has 7 nitrogen and oxygen atoms in total. The average molecular weight is 372 g/mol. The lowest BCUT2D eigenvalue weighted by atomic mass is 10.2. The van der Waals surface area contributed by atoms with E-state index in [1.165, 1.54) is 4.57 Å². The predicted molar refractivity (Wildman–Crippen MR) is 101 cm³/mol. The summed E-state index contributed by atoms with van der Waals surface area (Å²) in [6, 6.07) is 9.53. The zero-order valence-corrected chi connectivity index (χ0v) is 15.5. The van der Waals surface area contributed by atoms with Crippen LogP contribution in [0.3, 0.4) is 0 Å². The molecule has 0 spiro atoms. The van der Waals surface area contributed by atoms with Crippen molar-refractivity contribution in [3.05, 3.63) is 62.1 Å². The van der Waals surface area contributed by atoms with Gasteiger partial charge in [0.15, 0.2) is 5.52 Å². The number of aromatic nitrogens is 3. The highest BCUT2D eigenvalue weighted by Crippen LogP contribution is 2.10. The van der Waals surface area contributed by atoms with E-state index in [4.69, 9.17) is 0 Å². The molecule has 2 heterocycles. The Hall–Kier alpha value is -2.74. The van der Waals surface area contributed by atoms with Crippen molar-refractivity contribution in [1.82, 2.24) is 18.8 Å². The van der Waals surface area contributed by atoms with Crippen molar-refractivity contribution in [2.75, 3.05) is 0 Å². The molecule has 26 heavy (non-hydrogen) atoms. The van der Waals surface area contributed by atoms with Crippen LogP contribution < -0.4 is 16.6 Å². The molecule has 3 rings (SSSR count). The Labute approximate surface area is 154 Å². The van der Waals surface area contributed by atoms with E-state index in [1.807, 2.05) is 44.2 Å². The minimum absolute atomic E-state index is 0.122. The highest BCUT2D eigenvalue weighted by molar-refractivity contribution is 7.04. The van der Waals surface area contributed by atoms with E-state index in [9.17, 15) is 14.4 Å². The molecule has 2 aromatic heterocycles. The number of nitrogens with one attached hydrogen (secondary N) is 1. The molecule has 0 saturated carbocycles. The van der Waals surface area contributed by atoms with Gasteiger partial charge in [0, 0.05) is 18.5 Å². The molecule has 0 fully saturated rings. The van der Waals surface area contributed by atoms with Crippen molar-refractivity contribution in [2.45, 2.75) is 33.5 Å². The van der Waals surface area contributed by atoms with Crippen LogP contribution in [-0.2, 0) is 24.4 Å². The van der Waals surface area contributed by atoms with E-state index in [0.29, 0.717) is 12.1 Å². The molecule has 136 valence electrons. The third-order valence-corrected chi connectivity index (χ3v) is 4.55. The lowest BCUT2D eigenvalue weighted by molar-refractivity contribution is -0.121. The van der Waals surface area contributed by atoms with Gasteiger partial charge in [0.1, 0.15) is 6.54 Å². The number of hydrogen-bond donors (Lipinski definition) is 1. The second-order valence-corrected chi connectivity index (χ2v) is 7.12. The standard InChI is InChI=1S/C18H20N4O3S/c1-12(2)9-22-17(24)16-14(11-26-20-16)21(18(22)25)10-15(23)19-8-13-6-4-3-5-7-13/h3-7,11-12H,8-10H2,1-2H3,(H,19,23). The molecule has 8 heteroatoms. The maximum absolute atomic E-state index is 12.8. The molecule has 1 amide bonds. The Kier molecular flexibility index (Phi) is 5.32. The monoisotopic (exact) mass is 372 g/mol. The number of hydrogen-bond acceptors (Lipinski definition) is 5. The van der Waals surface area contributed by atoms with Gasteiger partial charge in [0.05, 0.1) is 5.52 Å². The van der Waals surface area contributed by atoms with Gasteiger partial charge in [-0.3, -0.25) is 18.7 Å². The molecule has 0 aliphatic heterocycles. The van der Waals surface area contributed by atoms with Crippen molar-refractivity contribution < 1.29 is 4.79 Å². The van der Waals surface area contributed by atoms with Gasteiger partial charge in [0.2, 0.25) is 5.91 Å². The molecular weight excluding hydrogens is 352 g/mol. The van der Waals surface area contributed by atoms with Crippen LogP contribution in [0.2, 0.25) is 0 Å². The maximum Gasteiger partial charge on any atom is 0.332 e. The van der Waals surface area contributed by atoms with Crippen LogP contribution in [0.1, 0.15) is 19.4 Å². The van der Waals surface area contributed by atoms with Crippen molar-refractivity contribution in [3.63, 3.8) is 0 Å². The number of rotatable bonds is 6. The Morgan fingerprint density at radius 2 is 1.92 bits per heavy atom. The first kappa shape index (κ1) is 18.1. The Morgan fingerprint density at radius 3 is 2.62 bits per heavy atom. The van der Waals surface area contributed by atoms with E-state index in [2.05, 4.69) is 9.69 Å². The van der Waals surface area contributed by atoms with Crippen LogP contribution in [0.5, 0.6) is 0 Å². The van der Waals surface area contributed by atoms with Gasteiger partial charge in [-0.2, -0.15) is 4.37 Å². The van der Waals surface area contributed by atoms with Crippen LogP contribution in [0.15, 0.2) is 45.3 Å².